The summed E-state index contributed by atoms with van der Waals surface area (Å²) in [5.41, 5.74) is -0.484. The van der Waals surface area contributed by atoms with Crippen molar-refractivity contribution in [3.63, 3.8) is 0 Å². The minimum Gasteiger partial charge on any atom is -0.444 e. The molecule has 0 unspecified atom stereocenters. The van der Waals surface area contributed by atoms with Crippen LogP contribution >= 0.6 is 0 Å². The maximum Gasteiger partial charge on any atom is 0.407 e. The van der Waals surface area contributed by atoms with Gasteiger partial charge in [-0.25, -0.2) is 4.79 Å². The van der Waals surface area contributed by atoms with Crippen molar-refractivity contribution in [3.8, 4) is 0 Å². The van der Waals surface area contributed by atoms with E-state index in [1.165, 1.54) is 44.9 Å². The summed E-state index contributed by atoms with van der Waals surface area (Å²) in [7, 11) is 0. The molecular weight excluding hydrogens is 412 g/mol. The number of nitrogens with zero attached hydrogens (tertiary/aromatic N) is 1. The van der Waals surface area contributed by atoms with Gasteiger partial charge in [0.25, 0.3) is 0 Å². The van der Waals surface area contributed by atoms with Crippen LogP contribution < -0.4 is 5.32 Å². The van der Waals surface area contributed by atoms with Gasteiger partial charge in [0, 0.05) is 25.6 Å². The van der Waals surface area contributed by atoms with Crippen molar-refractivity contribution in [2.24, 2.45) is 0 Å². The summed E-state index contributed by atoms with van der Waals surface area (Å²) < 4.78 is 5.32. The molecule has 1 saturated heterocycles. The van der Waals surface area contributed by atoms with Gasteiger partial charge in [-0.3, -0.25) is 4.79 Å². The molecule has 5 nitrogen and oxygen atoms in total. The fraction of sp³-hybridized carbons (Fsp3) is 0.786. The van der Waals surface area contributed by atoms with Gasteiger partial charge >= 0.3 is 6.09 Å². The lowest BCUT2D eigenvalue weighted by atomic mass is 10.0. The molecular formula is C28H50N2O3. The number of hydrogen-bond donors (Lipinski definition) is 1. The number of carbonyl (C=O) groups excluding carboxylic acids is 2. The molecule has 0 aromatic heterocycles. The Bertz CT molecular complexity index is 584. The van der Waals surface area contributed by atoms with E-state index >= 15 is 0 Å². The maximum atomic E-state index is 12.4. The van der Waals surface area contributed by atoms with Gasteiger partial charge in [-0.2, -0.15) is 0 Å². The quantitative estimate of drug-likeness (QED) is 0.205. The van der Waals surface area contributed by atoms with E-state index in [9.17, 15) is 9.59 Å². The average Bonchev–Trinajstić information content (AvgIpc) is 2.75. The van der Waals surface area contributed by atoms with E-state index in [1.54, 1.807) is 0 Å². The van der Waals surface area contributed by atoms with E-state index in [4.69, 9.17) is 4.74 Å². The molecule has 0 saturated carbocycles. The Kier molecular flexibility index (Phi) is 15.7. The molecule has 0 bridgehead atoms. The van der Waals surface area contributed by atoms with Crippen LogP contribution in [0.15, 0.2) is 24.3 Å². The lowest BCUT2D eigenvalue weighted by Crippen LogP contribution is -2.47. The molecule has 0 radical (unpaired) electrons. The molecule has 1 rings (SSSR count). The maximum absolute atomic E-state index is 12.4. The summed E-state index contributed by atoms with van der Waals surface area (Å²) in [6, 6.07) is 0.0970. The van der Waals surface area contributed by atoms with Crippen LogP contribution in [0.4, 0.5) is 4.79 Å². The van der Waals surface area contributed by atoms with Crippen LogP contribution in [0.3, 0.4) is 0 Å². The van der Waals surface area contributed by atoms with Gasteiger partial charge in [0.05, 0.1) is 0 Å². The minimum atomic E-state index is -0.484. The highest BCUT2D eigenvalue weighted by Gasteiger charge is 2.25. The first-order valence-corrected chi connectivity index (χ1v) is 13.4. The standard InChI is InChI=1S/C28H50N2O3/c1-5-6-7-8-9-10-11-12-13-14-15-16-17-18-19-20-26(31)30-23-21-25(22-24-30)29-27(32)33-28(2,3)4/h9-10,12-13,25H,5-8,11,14-24H2,1-4H3,(H,29,32)/b10-9-,13-12-. The second-order valence-electron chi connectivity index (χ2n) is 10.3. The number of hydrogen-bond acceptors (Lipinski definition) is 3. The van der Waals surface area contributed by atoms with Gasteiger partial charge < -0.3 is 15.0 Å². The molecule has 0 aromatic rings. The molecule has 33 heavy (non-hydrogen) atoms. The predicted molar refractivity (Wildman–Crippen MR) is 138 cm³/mol. The van der Waals surface area contributed by atoms with Crippen LogP contribution in [0.2, 0.25) is 0 Å². The third kappa shape index (κ3) is 16.5. The number of ether oxygens (including phenoxy) is 1. The molecule has 0 aromatic carbocycles. The zero-order valence-corrected chi connectivity index (χ0v) is 21.9. The van der Waals surface area contributed by atoms with Crippen molar-refractivity contribution in [2.75, 3.05) is 13.1 Å². The largest absolute Gasteiger partial charge is 0.444 e. The average molecular weight is 463 g/mol. The highest BCUT2D eigenvalue weighted by atomic mass is 16.6. The molecule has 1 aliphatic rings. The lowest BCUT2D eigenvalue weighted by Gasteiger charge is -2.33. The van der Waals surface area contributed by atoms with Crippen LogP contribution in [-0.4, -0.2) is 41.6 Å². The van der Waals surface area contributed by atoms with E-state index < -0.39 is 5.60 Å². The Morgan fingerprint density at radius 2 is 1.45 bits per heavy atom. The molecule has 0 aliphatic carbocycles. The molecule has 0 spiro atoms. The Balaban J connectivity index is 1.98. The number of piperidine rings is 1. The zero-order chi connectivity index (χ0) is 24.4. The third-order valence-electron chi connectivity index (χ3n) is 5.91. The number of nitrogens with one attached hydrogen (secondary N) is 1. The van der Waals surface area contributed by atoms with Gasteiger partial charge in [-0.05, 0) is 72.1 Å². The second-order valence-corrected chi connectivity index (χ2v) is 10.3. The highest BCUT2D eigenvalue weighted by Crippen LogP contribution is 2.15. The van der Waals surface area contributed by atoms with Crippen LogP contribution in [0, 0.1) is 0 Å². The van der Waals surface area contributed by atoms with Crippen LogP contribution in [0.1, 0.15) is 118 Å². The monoisotopic (exact) mass is 462 g/mol. The topological polar surface area (TPSA) is 58.6 Å². The van der Waals surface area contributed by atoms with Crippen LogP contribution in [0.25, 0.3) is 0 Å². The zero-order valence-electron chi connectivity index (χ0n) is 21.9. The SMILES string of the molecule is CCCCC/C=C\C/C=C\CCCCCCCC(=O)N1CCC(NC(=O)OC(C)(C)C)CC1. The number of allylic oxidation sites excluding steroid dienone is 4. The summed E-state index contributed by atoms with van der Waals surface area (Å²) in [6.07, 6.45) is 24.2. The Labute approximate surface area is 203 Å². The van der Waals surface area contributed by atoms with Crippen molar-refractivity contribution in [1.29, 1.82) is 0 Å². The van der Waals surface area contributed by atoms with Gasteiger partial charge in [0.15, 0.2) is 0 Å². The van der Waals surface area contributed by atoms with Crippen molar-refractivity contribution in [1.82, 2.24) is 10.2 Å². The lowest BCUT2D eigenvalue weighted by molar-refractivity contribution is -0.132. The van der Waals surface area contributed by atoms with E-state index in [1.807, 2.05) is 25.7 Å². The number of alkyl carbamates (subject to hydrolysis) is 1. The summed E-state index contributed by atoms with van der Waals surface area (Å²) in [4.78, 5) is 26.3. The second kappa shape index (κ2) is 17.7. The smallest absolute Gasteiger partial charge is 0.407 e. The summed E-state index contributed by atoms with van der Waals surface area (Å²) in [5, 5.41) is 2.93. The van der Waals surface area contributed by atoms with Crippen molar-refractivity contribution in [3.05, 3.63) is 24.3 Å². The molecule has 2 amide bonds. The molecule has 1 heterocycles. The van der Waals surface area contributed by atoms with Gasteiger partial charge in [-0.1, -0.05) is 63.3 Å². The van der Waals surface area contributed by atoms with Crippen molar-refractivity contribution < 1.29 is 14.3 Å². The number of likely N-dealkylation sites (tertiary alicyclic amines) is 1. The summed E-state index contributed by atoms with van der Waals surface area (Å²) in [5.74, 6) is 0.261. The minimum absolute atomic E-state index is 0.0970. The van der Waals surface area contributed by atoms with E-state index in [0.29, 0.717) is 6.42 Å². The van der Waals surface area contributed by atoms with Crippen LogP contribution in [0.5, 0.6) is 0 Å². The predicted octanol–water partition coefficient (Wildman–Crippen LogP) is 7.32. The Hall–Kier alpha value is -1.78. The Morgan fingerprint density at radius 3 is 2.06 bits per heavy atom. The highest BCUT2D eigenvalue weighted by molar-refractivity contribution is 5.76. The van der Waals surface area contributed by atoms with Gasteiger partial charge in [-0.15, -0.1) is 0 Å². The van der Waals surface area contributed by atoms with Crippen molar-refractivity contribution in [2.45, 2.75) is 129 Å². The molecule has 1 aliphatic heterocycles. The molecule has 0 atom stereocenters. The third-order valence-corrected chi connectivity index (χ3v) is 5.91. The summed E-state index contributed by atoms with van der Waals surface area (Å²) >= 11 is 0. The van der Waals surface area contributed by atoms with Crippen LogP contribution in [-0.2, 0) is 9.53 Å². The fourth-order valence-corrected chi connectivity index (χ4v) is 3.99. The molecule has 5 heteroatoms. The first kappa shape index (κ1) is 29.3. The Morgan fingerprint density at radius 1 is 0.879 bits per heavy atom. The normalized spacial score (nSPS) is 15.5. The number of unbranched alkanes of at least 4 members (excludes halogenated alkanes) is 8. The molecule has 1 N–H and O–H groups in total. The molecule has 190 valence electrons. The summed E-state index contributed by atoms with van der Waals surface area (Å²) in [6.45, 7) is 9.27. The number of carbonyl (C=O) groups is 2. The molecule has 1 fully saturated rings. The van der Waals surface area contributed by atoms with E-state index in [2.05, 4.69) is 36.5 Å². The first-order chi connectivity index (χ1) is 15.8. The van der Waals surface area contributed by atoms with E-state index in [0.717, 1.165) is 51.6 Å². The van der Waals surface area contributed by atoms with Crippen molar-refractivity contribution >= 4 is 12.0 Å². The fourth-order valence-electron chi connectivity index (χ4n) is 3.99. The van der Waals surface area contributed by atoms with E-state index in [-0.39, 0.29) is 18.0 Å². The number of amides is 2. The number of rotatable bonds is 15. The van der Waals surface area contributed by atoms with Gasteiger partial charge in [0.1, 0.15) is 5.60 Å². The van der Waals surface area contributed by atoms with Gasteiger partial charge in [0.2, 0.25) is 5.91 Å². The first-order valence-electron chi connectivity index (χ1n) is 13.4.